The number of methoxy groups -OCH3 is 1. The van der Waals surface area contributed by atoms with Gasteiger partial charge in [0.25, 0.3) is 5.91 Å². The highest BCUT2D eigenvalue weighted by atomic mass is 32.2. The molecule has 1 aromatic carbocycles. The second kappa shape index (κ2) is 11.1. The van der Waals surface area contributed by atoms with Crippen molar-refractivity contribution in [3.05, 3.63) is 42.7 Å². The maximum Gasteiger partial charge on any atom is 0.309 e. The van der Waals surface area contributed by atoms with Crippen LogP contribution in [0.4, 0.5) is 11.4 Å². The minimum absolute atomic E-state index is 0.102. The molecule has 0 spiro atoms. The number of carbonyl (C=O) groups excluding carboxylic acids is 3. The topological polar surface area (TPSA) is 144 Å². The normalized spacial score (nSPS) is 14.8. The van der Waals surface area contributed by atoms with E-state index in [0.29, 0.717) is 17.1 Å². The Morgan fingerprint density at radius 3 is 2.50 bits per heavy atom. The van der Waals surface area contributed by atoms with Gasteiger partial charge < -0.3 is 20.1 Å². The molecular formula is C22H26N4O7S. The molecule has 1 aliphatic rings. The first-order chi connectivity index (χ1) is 16.2. The Labute approximate surface area is 197 Å². The molecule has 1 saturated heterocycles. The van der Waals surface area contributed by atoms with Crippen LogP contribution in [0, 0.1) is 5.92 Å². The van der Waals surface area contributed by atoms with E-state index < -0.39 is 34.4 Å². The lowest BCUT2D eigenvalue weighted by Gasteiger charge is -2.29. The number of amides is 2. The van der Waals surface area contributed by atoms with Gasteiger partial charge in [-0.1, -0.05) is 0 Å². The summed E-state index contributed by atoms with van der Waals surface area (Å²) in [5, 5.41) is 5.20. The maximum atomic E-state index is 12.7. The lowest BCUT2D eigenvalue weighted by molar-refractivity contribution is -0.152. The molecule has 1 fully saturated rings. The molecule has 182 valence electrons. The standard InChI is InChI=1S/C22H26N4O7S/c1-15(27)24-17-5-6-20(32-2)19(12-17)25-21(28)14-33-22(29)16-7-10-26(11-8-16)34(30,31)18-4-3-9-23-13-18/h3-6,9,12-13,16H,7-8,10-11,14H2,1-2H3,(H,24,27)(H,25,28). The Morgan fingerprint density at radius 1 is 1.15 bits per heavy atom. The molecule has 2 heterocycles. The van der Waals surface area contributed by atoms with E-state index in [1.54, 1.807) is 18.2 Å². The zero-order chi connectivity index (χ0) is 24.7. The lowest BCUT2D eigenvalue weighted by Crippen LogP contribution is -2.41. The van der Waals surface area contributed by atoms with Gasteiger partial charge in [-0.05, 0) is 43.2 Å². The molecule has 0 bridgehead atoms. The molecule has 0 atom stereocenters. The summed E-state index contributed by atoms with van der Waals surface area (Å²) >= 11 is 0. The van der Waals surface area contributed by atoms with Crippen molar-refractivity contribution in [2.24, 2.45) is 5.92 Å². The van der Waals surface area contributed by atoms with E-state index in [0.717, 1.165) is 0 Å². The Balaban J connectivity index is 1.51. The van der Waals surface area contributed by atoms with Gasteiger partial charge >= 0.3 is 5.97 Å². The SMILES string of the molecule is COc1ccc(NC(C)=O)cc1NC(=O)COC(=O)C1CCN(S(=O)(=O)c2cccnc2)CC1. The van der Waals surface area contributed by atoms with Gasteiger partial charge in [0, 0.05) is 38.1 Å². The molecule has 11 nitrogen and oxygen atoms in total. The number of pyridine rings is 1. The van der Waals surface area contributed by atoms with E-state index in [-0.39, 0.29) is 36.7 Å². The number of hydrogen-bond donors (Lipinski definition) is 2. The predicted octanol–water partition coefficient (Wildman–Crippen LogP) is 1.63. The molecule has 34 heavy (non-hydrogen) atoms. The Bertz CT molecular complexity index is 1150. The number of ether oxygens (including phenoxy) is 2. The highest BCUT2D eigenvalue weighted by Gasteiger charge is 2.33. The first kappa shape index (κ1) is 25.1. The molecule has 0 unspecified atom stereocenters. The van der Waals surface area contributed by atoms with Gasteiger partial charge in [-0.2, -0.15) is 4.31 Å². The molecule has 12 heteroatoms. The minimum Gasteiger partial charge on any atom is -0.495 e. The highest BCUT2D eigenvalue weighted by Crippen LogP contribution is 2.28. The third kappa shape index (κ3) is 6.29. The largest absolute Gasteiger partial charge is 0.495 e. The van der Waals surface area contributed by atoms with Crippen molar-refractivity contribution >= 4 is 39.2 Å². The van der Waals surface area contributed by atoms with Gasteiger partial charge in [-0.15, -0.1) is 0 Å². The molecule has 2 N–H and O–H groups in total. The van der Waals surface area contributed by atoms with Crippen molar-refractivity contribution in [3.8, 4) is 5.75 Å². The number of nitrogens with one attached hydrogen (secondary N) is 2. The molecular weight excluding hydrogens is 464 g/mol. The number of piperidine rings is 1. The average molecular weight is 491 g/mol. The number of aromatic nitrogens is 1. The minimum atomic E-state index is -3.67. The molecule has 1 aliphatic heterocycles. The molecule has 3 rings (SSSR count). The second-order valence-corrected chi connectivity index (χ2v) is 9.56. The molecule has 1 aromatic heterocycles. The van der Waals surface area contributed by atoms with E-state index in [2.05, 4.69) is 15.6 Å². The van der Waals surface area contributed by atoms with E-state index in [9.17, 15) is 22.8 Å². The van der Waals surface area contributed by atoms with Crippen LogP contribution in [0.25, 0.3) is 0 Å². The van der Waals surface area contributed by atoms with Crippen LogP contribution in [-0.4, -0.2) is 62.3 Å². The molecule has 2 amide bonds. The van der Waals surface area contributed by atoms with E-state index >= 15 is 0 Å². The smallest absolute Gasteiger partial charge is 0.309 e. The van der Waals surface area contributed by atoms with E-state index in [1.165, 1.54) is 42.9 Å². The van der Waals surface area contributed by atoms with Gasteiger partial charge in [0.05, 0.1) is 18.7 Å². The van der Waals surface area contributed by atoms with E-state index in [4.69, 9.17) is 9.47 Å². The summed E-state index contributed by atoms with van der Waals surface area (Å²) < 4.78 is 37.0. The summed E-state index contributed by atoms with van der Waals surface area (Å²) in [4.78, 5) is 39.9. The van der Waals surface area contributed by atoms with E-state index in [1.807, 2.05) is 0 Å². The fourth-order valence-electron chi connectivity index (χ4n) is 3.51. The number of anilines is 2. The van der Waals surface area contributed by atoms with Crippen molar-refractivity contribution in [2.75, 3.05) is 37.4 Å². The van der Waals surface area contributed by atoms with Crippen LogP contribution in [0.15, 0.2) is 47.6 Å². The average Bonchev–Trinajstić information content (AvgIpc) is 2.83. The van der Waals surface area contributed by atoms with Gasteiger partial charge in [0.1, 0.15) is 10.6 Å². The summed E-state index contributed by atoms with van der Waals surface area (Å²) in [5.74, 6) is -1.55. The Hall–Kier alpha value is -3.51. The summed E-state index contributed by atoms with van der Waals surface area (Å²) in [6.45, 7) is 1.17. The van der Waals surface area contributed by atoms with Crippen molar-refractivity contribution < 1.29 is 32.3 Å². The number of carbonyl (C=O) groups is 3. The van der Waals surface area contributed by atoms with Crippen LogP contribution in [0.2, 0.25) is 0 Å². The maximum absolute atomic E-state index is 12.7. The van der Waals surface area contributed by atoms with Crippen molar-refractivity contribution in [3.63, 3.8) is 0 Å². The molecule has 0 radical (unpaired) electrons. The number of hydrogen-bond acceptors (Lipinski definition) is 8. The predicted molar refractivity (Wildman–Crippen MR) is 123 cm³/mol. The first-order valence-corrected chi connectivity index (χ1v) is 12.0. The fourth-order valence-corrected chi connectivity index (χ4v) is 4.94. The number of rotatable bonds is 8. The lowest BCUT2D eigenvalue weighted by atomic mass is 9.98. The molecule has 2 aromatic rings. The second-order valence-electron chi connectivity index (χ2n) is 7.62. The first-order valence-electron chi connectivity index (χ1n) is 10.5. The highest BCUT2D eigenvalue weighted by molar-refractivity contribution is 7.89. The Morgan fingerprint density at radius 2 is 1.88 bits per heavy atom. The van der Waals surface area contributed by atoms with Crippen molar-refractivity contribution in [2.45, 2.75) is 24.7 Å². The van der Waals surface area contributed by atoms with Crippen molar-refractivity contribution in [1.82, 2.24) is 9.29 Å². The number of nitrogens with zero attached hydrogens (tertiary/aromatic N) is 2. The molecule has 0 saturated carbocycles. The number of sulfonamides is 1. The van der Waals surface area contributed by atoms with Gasteiger partial charge in [0.15, 0.2) is 6.61 Å². The van der Waals surface area contributed by atoms with Crippen molar-refractivity contribution in [1.29, 1.82) is 0 Å². The van der Waals surface area contributed by atoms with Crippen LogP contribution in [0.5, 0.6) is 5.75 Å². The van der Waals surface area contributed by atoms with Gasteiger partial charge in [-0.25, -0.2) is 8.42 Å². The summed E-state index contributed by atoms with van der Waals surface area (Å²) in [6, 6.07) is 7.76. The number of esters is 1. The van der Waals surface area contributed by atoms with Crippen LogP contribution in [0.3, 0.4) is 0 Å². The summed E-state index contributed by atoms with van der Waals surface area (Å²) in [6.07, 6.45) is 3.35. The zero-order valence-corrected chi connectivity index (χ0v) is 19.6. The summed E-state index contributed by atoms with van der Waals surface area (Å²) in [7, 11) is -2.24. The fraction of sp³-hybridized carbons (Fsp3) is 0.364. The van der Waals surface area contributed by atoms with Gasteiger partial charge in [-0.3, -0.25) is 19.4 Å². The van der Waals surface area contributed by atoms with Crippen LogP contribution >= 0.6 is 0 Å². The van der Waals surface area contributed by atoms with Crippen LogP contribution < -0.4 is 15.4 Å². The quantitative estimate of drug-likeness (QED) is 0.532. The third-order valence-electron chi connectivity index (χ3n) is 5.20. The third-order valence-corrected chi connectivity index (χ3v) is 7.08. The van der Waals surface area contributed by atoms with Gasteiger partial charge in [0.2, 0.25) is 15.9 Å². The van der Waals surface area contributed by atoms with Crippen LogP contribution in [-0.2, 0) is 29.1 Å². The Kier molecular flexibility index (Phi) is 8.18. The summed E-state index contributed by atoms with van der Waals surface area (Å²) in [5.41, 5.74) is 0.775. The number of benzene rings is 1. The zero-order valence-electron chi connectivity index (χ0n) is 18.8. The van der Waals surface area contributed by atoms with Crippen LogP contribution in [0.1, 0.15) is 19.8 Å². The monoisotopic (exact) mass is 490 g/mol. The molecule has 0 aliphatic carbocycles.